The first kappa shape index (κ1) is 19.5. The molecule has 0 saturated carbocycles. The summed E-state index contributed by atoms with van der Waals surface area (Å²) < 4.78 is 5.21. The number of aryl methyl sites for hydroxylation is 1. The van der Waals surface area contributed by atoms with Gasteiger partial charge >= 0.3 is 0 Å². The summed E-state index contributed by atoms with van der Waals surface area (Å²) in [5.74, 6) is 0.0520. The average molecular weight is 396 g/mol. The minimum atomic E-state index is -0.726. The van der Waals surface area contributed by atoms with E-state index in [1.807, 2.05) is 43.3 Å². The number of nitrogens with one attached hydrogen (secondary N) is 2. The number of rotatable bonds is 6. The highest BCUT2D eigenvalue weighted by molar-refractivity contribution is 7.18. The van der Waals surface area contributed by atoms with E-state index in [1.54, 1.807) is 26.2 Å². The van der Waals surface area contributed by atoms with Gasteiger partial charge in [-0.05, 0) is 37.6 Å². The Hall–Kier alpha value is -3.26. The van der Waals surface area contributed by atoms with Crippen LogP contribution in [0.25, 0.3) is 10.6 Å². The molecule has 1 heterocycles. The molecule has 28 heavy (non-hydrogen) atoms. The van der Waals surface area contributed by atoms with Gasteiger partial charge < -0.3 is 10.1 Å². The normalized spacial score (nSPS) is 11.5. The Kier molecular flexibility index (Phi) is 6.00. The molecule has 1 aromatic heterocycles. The molecule has 0 fully saturated rings. The van der Waals surface area contributed by atoms with Crippen molar-refractivity contribution in [1.82, 2.24) is 15.5 Å². The summed E-state index contributed by atoms with van der Waals surface area (Å²) >= 11 is 1.25. The molecule has 2 aromatic carbocycles. The van der Waals surface area contributed by atoms with E-state index in [0.717, 1.165) is 11.1 Å². The molecule has 2 amide bonds. The van der Waals surface area contributed by atoms with Crippen LogP contribution in [0.3, 0.4) is 0 Å². The van der Waals surface area contributed by atoms with E-state index < -0.39 is 6.04 Å². The third kappa shape index (κ3) is 4.52. The Morgan fingerprint density at radius 2 is 1.89 bits per heavy atom. The number of hydrogen-bond donors (Lipinski definition) is 2. The highest BCUT2D eigenvalue weighted by Crippen LogP contribution is 2.28. The molecular weight excluding hydrogens is 376 g/mol. The molecule has 0 aliphatic rings. The topological polar surface area (TPSA) is 93.2 Å². The molecule has 2 N–H and O–H groups in total. The van der Waals surface area contributed by atoms with E-state index in [1.165, 1.54) is 11.3 Å². The first-order valence-electron chi connectivity index (χ1n) is 8.63. The van der Waals surface area contributed by atoms with Crippen molar-refractivity contribution in [2.75, 3.05) is 12.4 Å². The third-order valence-corrected chi connectivity index (χ3v) is 4.99. The number of carbonyl (C=O) groups excluding carboxylic acids is 2. The van der Waals surface area contributed by atoms with E-state index in [0.29, 0.717) is 21.5 Å². The lowest BCUT2D eigenvalue weighted by atomic mass is 10.1. The summed E-state index contributed by atoms with van der Waals surface area (Å²) in [6.07, 6.45) is 0. The summed E-state index contributed by atoms with van der Waals surface area (Å²) in [7, 11) is 1.59. The fraction of sp³-hybridized carbons (Fsp3) is 0.200. The average Bonchev–Trinajstić information content (AvgIpc) is 3.16. The predicted molar refractivity (Wildman–Crippen MR) is 109 cm³/mol. The van der Waals surface area contributed by atoms with Crippen molar-refractivity contribution in [3.63, 3.8) is 0 Å². The summed E-state index contributed by atoms with van der Waals surface area (Å²) in [6, 6.07) is 13.9. The lowest BCUT2D eigenvalue weighted by Gasteiger charge is -2.13. The Morgan fingerprint density at radius 1 is 1.11 bits per heavy atom. The molecule has 144 valence electrons. The number of methoxy groups -OCH3 is 1. The number of benzene rings is 2. The van der Waals surface area contributed by atoms with Gasteiger partial charge in [0.25, 0.3) is 5.91 Å². The van der Waals surface area contributed by atoms with Crippen molar-refractivity contribution < 1.29 is 14.3 Å². The fourth-order valence-corrected chi connectivity index (χ4v) is 3.27. The van der Waals surface area contributed by atoms with Crippen molar-refractivity contribution in [2.45, 2.75) is 19.9 Å². The van der Waals surface area contributed by atoms with E-state index in [9.17, 15) is 9.59 Å². The van der Waals surface area contributed by atoms with Crippen LogP contribution in [-0.4, -0.2) is 35.2 Å². The first-order chi connectivity index (χ1) is 13.5. The predicted octanol–water partition coefficient (Wildman–Crippen LogP) is 3.28. The van der Waals surface area contributed by atoms with Crippen LogP contribution in [-0.2, 0) is 4.79 Å². The van der Waals surface area contributed by atoms with Gasteiger partial charge in [-0.2, -0.15) is 0 Å². The number of amides is 2. The Balaban J connectivity index is 1.64. The molecule has 8 heteroatoms. The number of ether oxygens (including phenoxy) is 1. The number of aromatic nitrogens is 2. The second-order valence-corrected chi connectivity index (χ2v) is 7.12. The zero-order valence-corrected chi connectivity index (χ0v) is 16.5. The standard InChI is InChI=1S/C20H20N4O3S/c1-12-7-4-5-10-16(12)18(26)21-13(2)17(25)22-20-24-23-19(28-20)14-8-6-9-15(11-14)27-3/h4-11,13H,1-3H3,(H,21,26)(H,22,24,25)/t13-/m1/s1. The minimum absolute atomic E-state index is 0.296. The van der Waals surface area contributed by atoms with Gasteiger partial charge in [0, 0.05) is 11.1 Å². The van der Waals surface area contributed by atoms with Gasteiger partial charge in [0.1, 0.15) is 16.8 Å². The monoisotopic (exact) mass is 396 g/mol. The van der Waals surface area contributed by atoms with Crippen LogP contribution in [0, 0.1) is 6.92 Å². The van der Waals surface area contributed by atoms with E-state index in [4.69, 9.17) is 4.74 Å². The maximum Gasteiger partial charge on any atom is 0.252 e. The van der Waals surface area contributed by atoms with E-state index in [-0.39, 0.29) is 11.8 Å². The van der Waals surface area contributed by atoms with Crippen molar-refractivity contribution in [3.05, 3.63) is 59.7 Å². The zero-order chi connectivity index (χ0) is 20.1. The van der Waals surface area contributed by atoms with Crippen molar-refractivity contribution in [2.24, 2.45) is 0 Å². The van der Waals surface area contributed by atoms with Crippen molar-refractivity contribution in [3.8, 4) is 16.3 Å². The number of nitrogens with zero attached hydrogens (tertiary/aromatic N) is 2. The zero-order valence-electron chi connectivity index (χ0n) is 15.7. The van der Waals surface area contributed by atoms with Gasteiger partial charge in [0.2, 0.25) is 11.0 Å². The largest absolute Gasteiger partial charge is 0.497 e. The van der Waals surface area contributed by atoms with Gasteiger partial charge in [0.05, 0.1) is 7.11 Å². The Morgan fingerprint density at radius 3 is 2.64 bits per heavy atom. The van der Waals surface area contributed by atoms with E-state index >= 15 is 0 Å². The smallest absolute Gasteiger partial charge is 0.252 e. The number of carbonyl (C=O) groups is 2. The second-order valence-electron chi connectivity index (χ2n) is 6.14. The molecule has 0 bridgehead atoms. The third-order valence-electron chi connectivity index (χ3n) is 4.10. The maximum atomic E-state index is 12.4. The van der Waals surface area contributed by atoms with Crippen LogP contribution >= 0.6 is 11.3 Å². The summed E-state index contributed by atoms with van der Waals surface area (Å²) in [4.78, 5) is 24.8. The van der Waals surface area contributed by atoms with Crippen LogP contribution < -0.4 is 15.4 Å². The Bertz CT molecular complexity index is 1000. The maximum absolute atomic E-state index is 12.4. The molecule has 0 aliphatic heterocycles. The molecule has 3 aromatic rings. The van der Waals surface area contributed by atoms with Crippen LogP contribution in [0.2, 0.25) is 0 Å². The van der Waals surface area contributed by atoms with Crippen LogP contribution in [0.4, 0.5) is 5.13 Å². The molecule has 0 saturated heterocycles. The minimum Gasteiger partial charge on any atom is -0.497 e. The molecule has 0 radical (unpaired) electrons. The van der Waals surface area contributed by atoms with Crippen molar-refractivity contribution in [1.29, 1.82) is 0 Å². The molecule has 0 spiro atoms. The SMILES string of the molecule is COc1cccc(-c2nnc(NC(=O)[C@@H](C)NC(=O)c3ccccc3C)s2)c1. The molecule has 1 atom stereocenters. The highest BCUT2D eigenvalue weighted by Gasteiger charge is 2.19. The van der Waals surface area contributed by atoms with Gasteiger partial charge in [-0.15, -0.1) is 10.2 Å². The Labute approximate surface area is 166 Å². The molecule has 7 nitrogen and oxygen atoms in total. The first-order valence-corrected chi connectivity index (χ1v) is 9.45. The quantitative estimate of drug-likeness (QED) is 0.667. The molecular formula is C20H20N4O3S. The van der Waals surface area contributed by atoms with Gasteiger partial charge in [0.15, 0.2) is 0 Å². The number of anilines is 1. The van der Waals surface area contributed by atoms with Gasteiger partial charge in [-0.1, -0.05) is 41.7 Å². The lowest BCUT2D eigenvalue weighted by Crippen LogP contribution is -2.41. The van der Waals surface area contributed by atoms with E-state index in [2.05, 4.69) is 20.8 Å². The molecule has 0 aliphatic carbocycles. The lowest BCUT2D eigenvalue weighted by molar-refractivity contribution is -0.117. The van der Waals surface area contributed by atoms with Crippen LogP contribution in [0.15, 0.2) is 48.5 Å². The fourth-order valence-electron chi connectivity index (χ4n) is 2.53. The summed E-state index contributed by atoms with van der Waals surface area (Å²) in [6.45, 7) is 3.47. The van der Waals surface area contributed by atoms with Gasteiger partial charge in [-0.25, -0.2) is 0 Å². The number of hydrogen-bond acceptors (Lipinski definition) is 6. The van der Waals surface area contributed by atoms with Crippen LogP contribution in [0.1, 0.15) is 22.8 Å². The second kappa shape index (κ2) is 8.62. The van der Waals surface area contributed by atoms with Gasteiger partial charge in [-0.3, -0.25) is 14.9 Å². The molecule has 3 rings (SSSR count). The highest BCUT2D eigenvalue weighted by atomic mass is 32.1. The molecule has 0 unspecified atom stereocenters. The van der Waals surface area contributed by atoms with Crippen LogP contribution in [0.5, 0.6) is 5.75 Å². The van der Waals surface area contributed by atoms with Crippen molar-refractivity contribution >= 4 is 28.3 Å². The summed E-state index contributed by atoms with van der Waals surface area (Å²) in [5, 5.41) is 14.5. The summed E-state index contributed by atoms with van der Waals surface area (Å²) in [5.41, 5.74) is 2.23.